The van der Waals surface area contributed by atoms with Crippen LogP contribution in [0.4, 0.5) is 13.2 Å². The van der Waals surface area contributed by atoms with E-state index in [0.29, 0.717) is 12.3 Å². The summed E-state index contributed by atoms with van der Waals surface area (Å²) in [7, 11) is -3.87. The van der Waals surface area contributed by atoms with Crippen LogP contribution < -0.4 is 0 Å². The van der Waals surface area contributed by atoms with E-state index in [-0.39, 0.29) is 11.6 Å². The Hall–Kier alpha value is -1.90. The first-order chi connectivity index (χ1) is 9.65. The van der Waals surface area contributed by atoms with Crippen molar-refractivity contribution in [3.05, 3.63) is 35.8 Å². The summed E-state index contributed by atoms with van der Waals surface area (Å²) in [5.41, 5.74) is -0.376. The first-order valence-electron chi connectivity index (χ1n) is 5.97. The minimum absolute atomic E-state index is 0.141. The van der Waals surface area contributed by atoms with Crippen molar-refractivity contribution < 1.29 is 21.6 Å². The molecule has 0 radical (unpaired) electrons. The number of nitrogens with zero attached hydrogens (tertiary/aromatic N) is 3. The summed E-state index contributed by atoms with van der Waals surface area (Å²) in [6.07, 6.45) is -1.11. The van der Waals surface area contributed by atoms with Crippen molar-refractivity contribution in [2.24, 2.45) is 0 Å². The summed E-state index contributed by atoms with van der Waals surface area (Å²) in [6, 6.07) is 0.595. The predicted octanol–water partition coefficient (Wildman–Crippen LogP) is 2.39. The number of rotatable bonds is 3. The Morgan fingerprint density at radius 1 is 1.29 bits per heavy atom. The Labute approximate surface area is 119 Å². The molecule has 2 aromatic heterocycles. The van der Waals surface area contributed by atoms with Gasteiger partial charge in [0.05, 0.1) is 17.5 Å². The van der Waals surface area contributed by atoms with Crippen molar-refractivity contribution in [1.29, 1.82) is 0 Å². The zero-order valence-corrected chi connectivity index (χ0v) is 12.0. The van der Waals surface area contributed by atoms with Crippen LogP contribution in [0.2, 0.25) is 0 Å². The van der Waals surface area contributed by atoms with Crippen molar-refractivity contribution in [3.63, 3.8) is 0 Å². The third kappa shape index (κ3) is 3.07. The molecule has 0 N–H and O–H groups in total. The number of halogens is 3. The normalized spacial score (nSPS) is 12.6. The molecule has 114 valence electrons. The first kappa shape index (κ1) is 15.5. The molecular weight excluding hydrogens is 307 g/mol. The van der Waals surface area contributed by atoms with E-state index >= 15 is 0 Å². The Morgan fingerprint density at radius 3 is 2.43 bits per heavy atom. The highest BCUT2D eigenvalue weighted by Crippen LogP contribution is 2.32. The van der Waals surface area contributed by atoms with Gasteiger partial charge in [0.15, 0.2) is 15.7 Å². The number of sulfone groups is 1. The molecule has 9 heteroatoms. The number of hydrogen-bond acceptors (Lipinski definition) is 4. The van der Waals surface area contributed by atoms with Gasteiger partial charge in [-0.3, -0.25) is 0 Å². The number of hydrogen-bond donors (Lipinski definition) is 0. The molecule has 0 aliphatic heterocycles. The lowest BCUT2D eigenvalue weighted by Crippen LogP contribution is -2.14. The van der Waals surface area contributed by atoms with E-state index in [9.17, 15) is 21.6 Å². The van der Waals surface area contributed by atoms with E-state index in [0.717, 1.165) is 10.2 Å². The van der Waals surface area contributed by atoms with Crippen molar-refractivity contribution >= 4 is 9.84 Å². The van der Waals surface area contributed by atoms with E-state index in [2.05, 4.69) is 10.1 Å². The Balaban J connectivity index is 2.72. The van der Waals surface area contributed by atoms with Gasteiger partial charge in [0.1, 0.15) is 4.90 Å². The van der Waals surface area contributed by atoms with Crippen LogP contribution in [0.25, 0.3) is 5.82 Å². The fourth-order valence-corrected chi connectivity index (χ4v) is 2.72. The maximum atomic E-state index is 12.7. The van der Waals surface area contributed by atoms with Gasteiger partial charge in [0.25, 0.3) is 0 Å². The predicted molar refractivity (Wildman–Crippen MR) is 68.8 cm³/mol. The highest BCUT2D eigenvalue weighted by molar-refractivity contribution is 7.91. The van der Waals surface area contributed by atoms with Crippen LogP contribution in [-0.4, -0.2) is 28.9 Å². The molecule has 0 bridgehead atoms. The summed E-state index contributed by atoms with van der Waals surface area (Å²) < 4.78 is 63.4. The Bertz CT molecular complexity index is 766. The van der Waals surface area contributed by atoms with E-state index in [4.69, 9.17) is 0 Å². The minimum Gasteiger partial charge on any atom is -0.235 e. The van der Waals surface area contributed by atoms with Crippen LogP contribution in [0.1, 0.15) is 18.1 Å². The van der Waals surface area contributed by atoms with Gasteiger partial charge in [-0.1, -0.05) is 6.92 Å². The number of aryl methyl sites for hydroxylation is 1. The standard InChI is InChI=1S/C12H12F3N3O2S/c1-3-21(19,20)10-4-9(12(13,14)15)6-16-11(10)18-7-8(2)5-17-18/h4-7H,3H2,1-2H3. The van der Waals surface area contributed by atoms with Crippen LogP contribution in [0.15, 0.2) is 29.6 Å². The molecule has 2 heterocycles. The van der Waals surface area contributed by atoms with Gasteiger partial charge in [0.2, 0.25) is 0 Å². The summed E-state index contributed by atoms with van der Waals surface area (Å²) in [6.45, 7) is 3.08. The van der Waals surface area contributed by atoms with Crippen LogP contribution >= 0.6 is 0 Å². The minimum atomic E-state index is -4.66. The monoisotopic (exact) mass is 319 g/mol. The van der Waals surface area contributed by atoms with Gasteiger partial charge in [0, 0.05) is 12.4 Å². The molecule has 0 fully saturated rings. The maximum Gasteiger partial charge on any atom is 0.417 e. The summed E-state index contributed by atoms with van der Waals surface area (Å²) in [5, 5.41) is 3.89. The quantitative estimate of drug-likeness (QED) is 0.871. The lowest BCUT2D eigenvalue weighted by molar-refractivity contribution is -0.138. The molecule has 0 aromatic carbocycles. The molecule has 0 atom stereocenters. The molecule has 0 saturated carbocycles. The summed E-state index contributed by atoms with van der Waals surface area (Å²) >= 11 is 0. The lowest BCUT2D eigenvalue weighted by atomic mass is 10.3. The molecule has 5 nitrogen and oxygen atoms in total. The molecule has 0 aliphatic carbocycles. The zero-order valence-electron chi connectivity index (χ0n) is 11.2. The van der Waals surface area contributed by atoms with Crippen LogP contribution in [0.5, 0.6) is 0 Å². The molecule has 21 heavy (non-hydrogen) atoms. The molecule has 2 rings (SSSR count). The van der Waals surface area contributed by atoms with Gasteiger partial charge >= 0.3 is 6.18 Å². The molecular formula is C12H12F3N3O2S. The number of pyridine rings is 1. The molecule has 0 saturated heterocycles. The van der Waals surface area contributed by atoms with Crippen molar-refractivity contribution in [2.45, 2.75) is 24.9 Å². The Kier molecular flexibility index (Phi) is 3.79. The highest BCUT2D eigenvalue weighted by Gasteiger charge is 2.33. The summed E-state index contributed by atoms with van der Waals surface area (Å²) in [4.78, 5) is 3.16. The van der Waals surface area contributed by atoms with Gasteiger partial charge in [-0.2, -0.15) is 18.3 Å². The second-order valence-corrected chi connectivity index (χ2v) is 6.66. The second kappa shape index (κ2) is 5.14. The van der Waals surface area contributed by atoms with Crippen LogP contribution in [-0.2, 0) is 16.0 Å². The Morgan fingerprint density at radius 2 is 1.95 bits per heavy atom. The van der Waals surface area contributed by atoms with Crippen molar-refractivity contribution in [1.82, 2.24) is 14.8 Å². The van der Waals surface area contributed by atoms with E-state index in [1.807, 2.05) is 0 Å². The largest absolute Gasteiger partial charge is 0.417 e. The first-order valence-corrected chi connectivity index (χ1v) is 7.62. The molecule has 0 aliphatic rings. The van der Waals surface area contributed by atoms with Gasteiger partial charge < -0.3 is 0 Å². The van der Waals surface area contributed by atoms with Crippen LogP contribution in [0.3, 0.4) is 0 Å². The van der Waals surface area contributed by atoms with Crippen LogP contribution in [0, 0.1) is 6.92 Å². The van der Waals surface area contributed by atoms with Gasteiger partial charge in [-0.25, -0.2) is 18.1 Å². The molecule has 0 amide bonds. The van der Waals surface area contributed by atoms with Gasteiger partial charge in [-0.05, 0) is 18.6 Å². The highest BCUT2D eigenvalue weighted by atomic mass is 32.2. The average Bonchev–Trinajstić information content (AvgIpc) is 2.83. The molecule has 0 spiro atoms. The van der Waals surface area contributed by atoms with Crippen molar-refractivity contribution in [2.75, 3.05) is 5.75 Å². The zero-order chi connectivity index (χ0) is 15.8. The average molecular weight is 319 g/mol. The molecule has 0 unspecified atom stereocenters. The number of aromatic nitrogens is 3. The van der Waals surface area contributed by atoms with E-state index < -0.39 is 26.5 Å². The fourth-order valence-electron chi connectivity index (χ4n) is 1.68. The van der Waals surface area contributed by atoms with Gasteiger partial charge in [-0.15, -0.1) is 0 Å². The second-order valence-electron chi connectivity index (χ2n) is 4.41. The summed E-state index contributed by atoms with van der Waals surface area (Å²) in [5.74, 6) is -0.471. The lowest BCUT2D eigenvalue weighted by Gasteiger charge is -2.12. The maximum absolute atomic E-state index is 12.7. The third-order valence-corrected chi connectivity index (χ3v) is 4.53. The smallest absolute Gasteiger partial charge is 0.235 e. The van der Waals surface area contributed by atoms with Crippen molar-refractivity contribution in [3.8, 4) is 5.82 Å². The van der Waals surface area contributed by atoms with E-state index in [1.165, 1.54) is 19.3 Å². The topological polar surface area (TPSA) is 64.8 Å². The third-order valence-electron chi connectivity index (χ3n) is 2.80. The number of alkyl halides is 3. The SMILES string of the molecule is CCS(=O)(=O)c1cc(C(F)(F)F)cnc1-n1cc(C)cn1. The van der Waals surface area contributed by atoms with E-state index in [1.54, 1.807) is 6.92 Å². The fraction of sp³-hybridized carbons (Fsp3) is 0.333. The molecule has 2 aromatic rings.